The van der Waals surface area contributed by atoms with Crippen molar-refractivity contribution in [2.45, 2.75) is 38.1 Å². The molecule has 1 N–H and O–H groups in total. The van der Waals surface area contributed by atoms with Crippen molar-refractivity contribution in [3.05, 3.63) is 23.8 Å². The van der Waals surface area contributed by atoms with Crippen LogP contribution in [0.4, 0.5) is 5.69 Å². The number of ether oxygens (including phenoxy) is 1. The molecule has 1 aromatic carbocycles. The standard InChI is InChI=1S/C19H22N2O3/c22-18-10-24-17-8-14(1-2-16(17)20-18)19(23)21-9-13-4-11-3-12(5-13)7-15(21)6-11/h1-2,8,11-13,15H,3-7,9-10H2,(H,20,22). The van der Waals surface area contributed by atoms with E-state index in [1.54, 1.807) is 12.1 Å². The summed E-state index contributed by atoms with van der Waals surface area (Å²) in [6, 6.07) is 5.78. The zero-order valence-corrected chi connectivity index (χ0v) is 13.7. The first-order chi connectivity index (χ1) is 11.7. The summed E-state index contributed by atoms with van der Waals surface area (Å²) in [5, 5.41) is 2.78. The van der Waals surface area contributed by atoms with E-state index in [1.807, 2.05) is 6.07 Å². The summed E-state index contributed by atoms with van der Waals surface area (Å²) >= 11 is 0. The van der Waals surface area contributed by atoms with Crippen molar-refractivity contribution in [2.24, 2.45) is 17.8 Å². The van der Waals surface area contributed by atoms with Crippen LogP contribution in [0, 0.1) is 17.8 Å². The summed E-state index contributed by atoms with van der Waals surface area (Å²) in [5.41, 5.74) is 1.32. The van der Waals surface area contributed by atoms with Gasteiger partial charge in [-0.3, -0.25) is 9.59 Å². The highest BCUT2D eigenvalue weighted by molar-refractivity contribution is 5.99. The van der Waals surface area contributed by atoms with Crippen LogP contribution in [-0.4, -0.2) is 35.9 Å². The molecule has 5 aliphatic rings. The minimum atomic E-state index is -0.151. The van der Waals surface area contributed by atoms with Gasteiger partial charge in [-0.1, -0.05) is 0 Å². The van der Waals surface area contributed by atoms with E-state index in [4.69, 9.17) is 4.74 Å². The Labute approximate surface area is 141 Å². The van der Waals surface area contributed by atoms with Gasteiger partial charge in [0.1, 0.15) is 5.75 Å². The van der Waals surface area contributed by atoms with Gasteiger partial charge in [0.25, 0.3) is 11.8 Å². The number of nitrogens with zero attached hydrogens (tertiary/aromatic N) is 1. The fourth-order valence-corrected chi connectivity index (χ4v) is 5.41. The second-order valence-corrected chi connectivity index (χ2v) is 7.94. The van der Waals surface area contributed by atoms with Gasteiger partial charge < -0.3 is 15.0 Å². The van der Waals surface area contributed by atoms with Crippen LogP contribution in [0.25, 0.3) is 0 Å². The van der Waals surface area contributed by atoms with Gasteiger partial charge in [0.15, 0.2) is 6.61 Å². The second-order valence-electron chi connectivity index (χ2n) is 7.94. The van der Waals surface area contributed by atoms with E-state index >= 15 is 0 Å². The zero-order chi connectivity index (χ0) is 16.3. The van der Waals surface area contributed by atoms with Gasteiger partial charge in [0.2, 0.25) is 0 Å². The summed E-state index contributed by atoms with van der Waals surface area (Å²) in [6.45, 7) is 0.924. The summed E-state index contributed by atoms with van der Waals surface area (Å²) in [4.78, 5) is 26.7. The smallest absolute Gasteiger partial charge is 0.262 e. The van der Waals surface area contributed by atoms with E-state index in [-0.39, 0.29) is 18.4 Å². The van der Waals surface area contributed by atoms with E-state index in [1.165, 1.54) is 32.1 Å². The van der Waals surface area contributed by atoms with Crippen molar-refractivity contribution in [1.29, 1.82) is 0 Å². The van der Waals surface area contributed by atoms with Crippen LogP contribution in [0.15, 0.2) is 18.2 Å². The number of fused-ring (bicyclic) bond motifs is 2. The van der Waals surface area contributed by atoms with Crippen LogP contribution in [0.1, 0.15) is 42.5 Å². The van der Waals surface area contributed by atoms with Crippen molar-refractivity contribution < 1.29 is 14.3 Å². The maximum atomic E-state index is 13.1. The largest absolute Gasteiger partial charge is 0.482 e. The van der Waals surface area contributed by atoms with Crippen LogP contribution in [0.5, 0.6) is 5.75 Å². The van der Waals surface area contributed by atoms with Crippen molar-refractivity contribution in [3.63, 3.8) is 0 Å². The average molecular weight is 326 g/mol. The topological polar surface area (TPSA) is 58.6 Å². The SMILES string of the molecule is O=C1COc2cc(C(=O)N3CC4CC5CC(C4)CC3C5)ccc2N1. The van der Waals surface area contributed by atoms with Crippen molar-refractivity contribution >= 4 is 17.5 Å². The minimum absolute atomic E-state index is 0.0163. The number of amides is 2. The maximum Gasteiger partial charge on any atom is 0.262 e. The lowest BCUT2D eigenvalue weighted by atomic mass is 9.68. The fraction of sp³-hybridized carbons (Fsp3) is 0.579. The van der Waals surface area contributed by atoms with Crippen LogP contribution in [0.3, 0.4) is 0 Å². The predicted molar refractivity (Wildman–Crippen MR) is 88.9 cm³/mol. The molecule has 24 heavy (non-hydrogen) atoms. The van der Waals surface area contributed by atoms with Gasteiger partial charge in [0, 0.05) is 18.2 Å². The number of nitrogens with one attached hydrogen (secondary N) is 1. The third-order valence-electron chi connectivity index (χ3n) is 6.23. The number of rotatable bonds is 1. The highest BCUT2D eigenvalue weighted by atomic mass is 16.5. The van der Waals surface area contributed by atoms with Crippen LogP contribution >= 0.6 is 0 Å². The van der Waals surface area contributed by atoms with Gasteiger partial charge in [-0.25, -0.2) is 0 Å². The van der Waals surface area contributed by atoms with Gasteiger partial charge in [-0.15, -0.1) is 0 Å². The summed E-state index contributed by atoms with van der Waals surface area (Å²) in [6.07, 6.45) is 6.33. The van der Waals surface area contributed by atoms with Gasteiger partial charge >= 0.3 is 0 Å². The van der Waals surface area contributed by atoms with Crippen molar-refractivity contribution in [2.75, 3.05) is 18.5 Å². The average Bonchev–Trinajstić information content (AvgIpc) is 2.77. The second kappa shape index (κ2) is 5.23. The molecular formula is C19H22N2O3. The van der Waals surface area contributed by atoms with Gasteiger partial charge in [0.05, 0.1) is 5.69 Å². The third kappa shape index (κ3) is 2.29. The molecule has 0 radical (unpaired) electrons. The molecule has 5 nitrogen and oxygen atoms in total. The Kier molecular flexibility index (Phi) is 3.12. The lowest BCUT2D eigenvalue weighted by Gasteiger charge is -2.39. The molecule has 0 aromatic heterocycles. The molecular weight excluding hydrogens is 304 g/mol. The van der Waals surface area contributed by atoms with Crippen LogP contribution in [-0.2, 0) is 4.79 Å². The summed E-state index contributed by atoms with van der Waals surface area (Å²) < 4.78 is 5.47. The minimum Gasteiger partial charge on any atom is -0.482 e. The molecule has 4 fully saturated rings. The number of anilines is 1. The molecule has 5 heteroatoms. The lowest BCUT2D eigenvalue weighted by molar-refractivity contribution is -0.118. The van der Waals surface area contributed by atoms with Crippen LogP contribution < -0.4 is 10.1 Å². The maximum absolute atomic E-state index is 13.1. The Morgan fingerprint density at radius 2 is 1.83 bits per heavy atom. The van der Waals surface area contributed by atoms with E-state index in [0.717, 1.165) is 18.4 Å². The first-order valence-electron chi connectivity index (χ1n) is 9.03. The number of carbonyl (C=O) groups is 2. The first-order valence-corrected chi connectivity index (χ1v) is 9.03. The molecule has 6 rings (SSSR count). The Hall–Kier alpha value is -2.04. The molecule has 1 aromatic rings. The molecule has 0 spiro atoms. The Morgan fingerprint density at radius 3 is 2.62 bits per heavy atom. The molecule has 2 aliphatic carbocycles. The molecule has 126 valence electrons. The van der Waals surface area contributed by atoms with E-state index in [0.29, 0.717) is 29.0 Å². The van der Waals surface area contributed by atoms with E-state index in [2.05, 4.69) is 10.2 Å². The Morgan fingerprint density at radius 1 is 1.08 bits per heavy atom. The summed E-state index contributed by atoms with van der Waals surface area (Å²) in [5.74, 6) is 2.90. The van der Waals surface area contributed by atoms with E-state index in [9.17, 15) is 9.59 Å². The number of hydrogen-bond acceptors (Lipinski definition) is 3. The molecule has 2 unspecified atom stereocenters. The molecule has 2 atom stereocenters. The Balaban J connectivity index is 1.43. The summed E-state index contributed by atoms with van der Waals surface area (Å²) in [7, 11) is 0. The molecule has 3 aliphatic heterocycles. The van der Waals surface area contributed by atoms with E-state index < -0.39 is 0 Å². The van der Waals surface area contributed by atoms with Crippen molar-refractivity contribution in [3.8, 4) is 5.75 Å². The zero-order valence-electron chi connectivity index (χ0n) is 13.7. The highest BCUT2D eigenvalue weighted by Crippen LogP contribution is 2.47. The highest BCUT2D eigenvalue weighted by Gasteiger charge is 2.44. The van der Waals surface area contributed by atoms with Crippen LogP contribution in [0.2, 0.25) is 0 Å². The molecule has 2 amide bonds. The van der Waals surface area contributed by atoms with Crippen molar-refractivity contribution in [1.82, 2.24) is 4.90 Å². The molecule has 2 saturated carbocycles. The van der Waals surface area contributed by atoms with Gasteiger partial charge in [-0.05, 0) is 68.1 Å². The molecule has 3 heterocycles. The first kappa shape index (κ1) is 14.3. The fourth-order valence-electron chi connectivity index (χ4n) is 5.41. The number of benzene rings is 1. The lowest BCUT2D eigenvalue weighted by Crippen LogP contribution is -2.42. The Bertz CT molecular complexity index is 703. The third-order valence-corrected chi connectivity index (χ3v) is 6.23. The molecule has 2 saturated heterocycles. The normalized spacial score (nSPS) is 33.5. The van der Waals surface area contributed by atoms with Gasteiger partial charge in [-0.2, -0.15) is 0 Å². The predicted octanol–water partition coefficient (Wildman–Crippen LogP) is 2.67. The number of hydrogen-bond donors (Lipinski definition) is 1. The monoisotopic (exact) mass is 326 g/mol. The quantitative estimate of drug-likeness (QED) is 0.863. The number of carbonyl (C=O) groups excluding carboxylic acids is 2. The molecule has 4 bridgehead atoms.